The number of nitrogens with one attached hydrogen (secondary N) is 1. The van der Waals surface area contributed by atoms with Gasteiger partial charge in [0, 0.05) is 12.2 Å². The number of rotatable bonds is 4. The van der Waals surface area contributed by atoms with E-state index in [1.54, 1.807) is 11.8 Å². The number of anilines is 1. The van der Waals surface area contributed by atoms with E-state index in [0.717, 1.165) is 17.7 Å². The van der Waals surface area contributed by atoms with Crippen LogP contribution in [0.25, 0.3) is 0 Å². The van der Waals surface area contributed by atoms with Crippen LogP contribution in [-0.2, 0) is 20.8 Å². The molecular weight excluding hydrogens is 284 g/mol. The fourth-order valence-electron chi connectivity index (χ4n) is 2.86. The predicted octanol–water partition coefficient (Wildman–Crippen LogP) is 0.945. The number of aliphatic carboxylic acids is 1. The lowest BCUT2D eigenvalue weighted by molar-refractivity contribution is -0.149. The molecule has 6 heteroatoms. The summed E-state index contributed by atoms with van der Waals surface area (Å²) in [5.74, 6) is -1.89. The molecule has 22 heavy (non-hydrogen) atoms. The maximum atomic E-state index is 12.5. The van der Waals surface area contributed by atoms with Gasteiger partial charge < -0.3 is 15.3 Å². The molecule has 116 valence electrons. The maximum absolute atomic E-state index is 12.5. The number of carboxylic acids is 1. The van der Waals surface area contributed by atoms with Gasteiger partial charge >= 0.3 is 5.97 Å². The Kier molecular flexibility index (Phi) is 3.39. The van der Waals surface area contributed by atoms with Gasteiger partial charge in [0.05, 0.1) is 0 Å². The molecule has 0 saturated heterocycles. The molecule has 0 bridgehead atoms. The van der Waals surface area contributed by atoms with Crippen LogP contribution in [0.1, 0.15) is 25.3 Å². The number of para-hydroxylation sites is 1. The Hall–Kier alpha value is -2.37. The Labute approximate surface area is 128 Å². The number of amides is 2. The highest BCUT2D eigenvalue weighted by Gasteiger charge is 2.57. The highest BCUT2D eigenvalue weighted by molar-refractivity contribution is 6.07. The minimum Gasteiger partial charge on any atom is -0.480 e. The molecule has 0 radical (unpaired) electrons. The first-order valence-corrected chi connectivity index (χ1v) is 7.39. The second kappa shape index (κ2) is 5.12. The van der Waals surface area contributed by atoms with Gasteiger partial charge in [-0.05, 0) is 37.8 Å². The van der Waals surface area contributed by atoms with E-state index in [4.69, 9.17) is 5.11 Å². The van der Waals surface area contributed by atoms with Crippen molar-refractivity contribution in [1.29, 1.82) is 0 Å². The summed E-state index contributed by atoms with van der Waals surface area (Å²) >= 11 is 0. The van der Waals surface area contributed by atoms with Gasteiger partial charge in [-0.15, -0.1) is 0 Å². The minimum absolute atomic E-state index is 0.209. The average molecular weight is 302 g/mol. The van der Waals surface area contributed by atoms with Crippen LogP contribution in [0.2, 0.25) is 0 Å². The standard InChI is InChI=1S/C16H18N2O4/c1-10(17-14(20)16(7-8-16)15(21)22)13(19)18-9-6-11-4-2-3-5-12(11)18/h2-5,10H,6-9H2,1H3,(H,17,20)(H,21,22). The Balaban J connectivity index is 1.69. The molecule has 1 saturated carbocycles. The van der Waals surface area contributed by atoms with Gasteiger partial charge in [-0.2, -0.15) is 0 Å². The highest BCUT2D eigenvalue weighted by Crippen LogP contribution is 2.46. The zero-order chi connectivity index (χ0) is 15.9. The van der Waals surface area contributed by atoms with E-state index in [2.05, 4.69) is 5.32 Å². The zero-order valence-electron chi connectivity index (χ0n) is 12.3. The van der Waals surface area contributed by atoms with E-state index >= 15 is 0 Å². The van der Waals surface area contributed by atoms with E-state index in [-0.39, 0.29) is 5.91 Å². The SMILES string of the molecule is CC(NC(=O)C1(C(=O)O)CC1)C(=O)N1CCc2ccccc21. The van der Waals surface area contributed by atoms with E-state index in [0.29, 0.717) is 19.4 Å². The van der Waals surface area contributed by atoms with Gasteiger partial charge in [0.15, 0.2) is 0 Å². The number of benzene rings is 1. The normalized spacial score (nSPS) is 19.2. The molecule has 3 rings (SSSR count). The van der Waals surface area contributed by atoms with Gasteiger partial charge in [0.25, 0.3) is 0 Å². The van der Waals surface area contributed by atoms with Crippen molar-refractivity contribution < 1.29 is 19.5 Å². The fraction of sp³-hybridized carbons (Fsp3) is 0.438. The van der Waals surface area contributed by atoms with Crippen molar-refractivity contribution in [3.8, 4) is 0 Å². The molecule has 1 aliphatic heterocycles. The van der Waals surface area contributed by atoms with Crippen LogP contribution in [0.4, 0.5) is 5.69 Å². The molecule has 1 heterocycles. The maximum Gasteiger partial charge on any atom is 0.319 e. The number of nitrogens with zero attached hydrogens (tertiary/aromatic N) is 1. The van der Waals surface area contributed by atoms with Crippen molar-refractivity contribution in [2.24, 2.45) is 5.41 Å². The Bertz CT molecular complexity index is 651. The summed E-state index contributed by atoms with van der Waals surface area (Å²) < 4.78 is 0. The third-order valence-corrected chi connectivity index (χ3v) is 4.47. The molecule has 1 aromatic rings. The van der Waals surface area contributed by atoms with Crippen LogP contribution in [0.5, 0.6) is 0 Å². The molecular formula is C16H18N2O4. The lowest BCUT2D eigenvalue weighted by Gasteiger charge is -2.23. The molecule has 6 nitrogen and oxygen atoms in total. The molecule has 0 aromatic heterocycles. The van der Waals surface area contributed by atoms with Crippen molar-refractivity contribution in [1.82, 2.24) is 5.32 Å². The van der Waals surface area contributed by atoms with Gasteiger partial charge in [-0.1, -0.05) is 18.2 Å². The van der Waals surface area contributed by atoms with E-state index < -0.39 is 23.3 Å². The number of fused-ring (bicyclic) bond motifs is 1. The fourth-order valence-corrected chi connectivity index (χ4v) is 2.86. The Morgan fingerprint density at radius 3 is 2.59 bits per heavy atom. The molecule has 2 amide bonds. The summed E-state index contributed by atoms with van der Waals surface area (Å²) in [6.45, 7) is 2.18. The number of carboxylic acid groups (broad SMARTS) is 1. The number of hydrogen-bond donors (Lipinski definition) is 2. The second-order valence-electron chi connectivity index (χ2n) is 5.95. The topological polar surface area (TPSA) is 86.7 Å². The molecule has 1 fully saturated rings. The Morgan fingerprint density at radius 1 is 1.27 bits per heavy atom. The molecule has 1 aliphatic carbocycles. The molecule has 1 aromatic carbocycles. The quantitative estimate of drug-likeness (QED) is 0.811. The molecule has 2 N–H and O–H groups in total. The smallest absolute Gasteiger partial charge is 0.319 e. The lowest BCUT2D eigenvalue weighted by atomic mass is 10.1. The van der Waals surface area contributed by atoms with Gasteiger partial charge in [0.2, 0.25) is 11.8 Å². The van der Waals surface area contributed by atoms with Gasteiger partial charge in [0.1, 0.15) is 11.5 Å². The van der Waals surface area contributed by atoms with Crippen molar-refractivity contribution in [3.05, 3.63) is 29.8 Å². The first kappa shape index (κ1) is 14.6. The van der Waals surface area contributed by atoms with Crippen LogP contribution in [-0.4, -0.2) is 35.5 Å². The summed E-state index contributed by atoms with van der Waals surface area (Å²) in [7, 11) is 0. The van der Waals surface area contributed by atoms with Crippen LogP contribution < -0.4 is 10.2 Å². The minimum atomic E-state index is -1.32. The van der Waals surface area contributed by atoms with Crippen molar-refractivity contribution in [2.75, 3.05) is 11.4 Å². The molecule has 1 unspecified atom stereocenters. The Morgan fingerprint density at radius 2 is 1.95 bits per heavy atom. The van der Waals surface area contributed by atoms with Crippen molar-refractivity contribution in [2.45, 2.75) is 32.2 Å². The van der Waals surface area contributed by atoms with Crippen LogP contribution in [0, 0.1) is 5.41 Å². The predicted molar refractivity (Wildman–Crippen MR) is 79.4 cm³/mol. The van der Waals surface area contributed by atoms with Crippen molar-refractivity contribution in [3.63, 3.8) is 0 Å². The van der Waals surface area contributed by atoms with Gasteiger partial charge in [-0.25, -0.2) is 0 Å². The summed E-state index contributed by atoms with van der Waals surface area (Å²) in [5.41, 5.74) is 0.656. The molecule has 0 spiro atoms. The van der Waals surface area contributed by atoms with Crippen molar-refractivity contribution >= 4 is 23.5 Å². The average Bonchev–Trinajstić information content (AvgIpc) is 3.21. The summed E-state index contributed by atoms with van der Waals surface area (Å²) in [5, 5.41) is 11.7. The first-order chi connectivity index (χ1) is 10.5. The zero-order valence-corrected chi connectivity index (χ0v) is 12.3. The highest BCUT2D eigenvalue weighted by atomic mass is 16.4. The summed E-state index contributed by atoms with van der Waals surface area (Å²) in [4.78, 5) is 37.4. The largest absolute Gasteiger partial charge is 0.480 e. The van der Waals surface area contributed by atoms with E-state index in [1.165, 1.54) is 0 Å². The van der Waals surface area contributed by atoms with E-state index in [1.807, 2.05) is 24.3 Å². The monoisotopic (exact) mass is 302 g/mol. The third-order valence-electron chi connectivity index (χ3n) is 4.47. The van der Waals surface area contributed by atoms with Crippen LogP contribution in [0.3, 0.4) is 0 Å². The number of carbonyl (C=O) groups excluding carboxylic acids is 2. The molecule has 1 atom stereocenters. The molecule has 2 aliphatic rings. The summed E-state index contributed by atoms with van der Waals surface area (Å²) in [6.07, 6.45) is 1.46. The van der Waals surface area contributed by atoms with Gasteiger partial charge in [-0.3, -0.25) is 14.4 Å². The van der Waals surface area contributed by atoms with E-state index in [9.17, 15) is 14.4 Å². The number of hydrogen-bond acceptors (Lipinski definition) is 3. The van der Waals surface area contributed by atoms with Crippen LogP contribution >= 0.6 is 0 Å². The summed E-state index contributed by atoms with van der Waals surface area (Å²) in [6, 6.07) is 6.93. The lowest BCUT2D eigenvalue weighted by Crippen LogP contribution is -2.49. The first-order valence-electron chi connectivity index (χ1n) is 7.39. The second-order valence-corrected chi connectivity index (χ2v) is 5.95. The number of carbonyl (C=O) groups is 3. The third kappa shape index (κ3) is 2.24. The van der Waals surface area contributed by atoms with Crippen LogP contribution in [0.15, 0.2) is 24.3 Å².